The molecule has 0 aliphatic heterocycles. The predicted octanol–water partition coefficient (Wildman–Crippen LogP) is 2.93. The summed E-state index contributed by atoms with van der Waals surface area (Å²) in [5, 5.41) is 0. The third-order valence-electron chi connectivity index (χ3n) is 4.29. The molecule has 0 atom stereocenters. The number of ether oxygens (including phenoxy) is 4. The summed E-state index contributed by atoms with van der Waals surface area (Å²) in [5.41, 5.74) is 2.94. The summed E-state index contributed by atoms with van der Waals surface area (Å²) < 4.78 is 22.8. The van der Waals surface area contributed by atoms with Crippen molar-refractivity contribution in [1.82, 2.24) is 9.55 Å². The van der Waals surface area contributed by atoms with Crippen molar-refractivity contribution in [3.05, 3.63) is 54.6 Å². The molecule has 0 aliphatic carbocycles. The van der Waals surface area contributed by atoms with Gasteiger partial charge in [0.25, 0.3) is 0 Å². The van der Waals surface area contributed by atoms with Crippen LogP contribution in [0.5, 0.6) is 0 Å². The van der Waals surface area contributed by atoms with Gasteiger partial charge in [-0.25, -0.2) is 9.78 Å². The zero-order chi connectivity index (χ0) is 20.3. The molecule has 0 aliphatic rings. The van der Waals surface area contributed by atoms with Crippen molar-refractivity contribution in [2.24, 2.45) is 0 Å². The fourth-order valence-corrected chi connectivity index (χ4v) is 2.92. The predicted molar refractivity (Wildman–Crippen MR) is 110 cm³/mol. The molecule has 0 N–H and O–H groups in total. The Balaban J connectivity index is 1.51. The fraction of sp³-hybridized carbons (Fsp3) is 0.364. The Hall–Kier alpha value is -2.74. The maximum Gasteiger partial charge on any atom is 0.332 e. The number of methoxy groups -OCH3 is 1. The Morgan fingerprint density at radius 2 is 1.62 bits per heavy atom. The zero-order valence-corrected chi connectivity index (χ0v) is 16.6. The second-order valence-corrected chi connectivity index (χ2v) is 6.32. The molecule has 1 heterocycles. The number of carbonyl (C=O) groups excluding carboxylic acids is 1. The number of carbonyl (C=O) groups is 1. The van der Waals surface area contributed by atoms with Crippen LogP contribution in [0.1, 0.15) is 0 Å². The second kappa shape index (κ2) is 11.3. The first-order valence-corrected chi connectivity index (χ1v) is 9.60. The van der Waals surface area contributed by atoms with Crippen LogP contribution >= 0.6 is 0 Å². The lowest BCUT2D eigenvalue weighted by Crippen LogP contribution is -2.18. The number of benzene rings is 2. The van der Waals surface area contributed by atoms with Crippen LogP contribution in [0, 0.1) is 0 Å². The number of rotatable bonds is 12. The molecular weight excluding hydrogens is 372 g/mol. The molecule has 0 unspecified atom stereocenters. The largest absolute Gasteiger partial charge is 0.462 e. The van der Waals surface area contributed by atoms with Gasteiger partial charge in [0.2, 0.25) is 0 Å². The summed E-state index contributed by atoms with van der Waals surface area (Å²) in [7, 11) is 1.62. The maximum atomic E-state index is 11.9. The van der Waals surface area contributed by atoms with Gasteiger partial charge in [0, 0.05) is 12.7 Å². The van der Waals surface area contributed by atoms with Crippen molar-refractivity contribution < 1.29 is 23.7 Å². The van der Waals surface area contributed by atoms with E-state index in [-0.39, 0.29) is 13.2 Å². The van der Waals surface area contributed by atoms with Gasteiger partial charge in [-0.05, 0) is 12.1 Å². The number of nitrogens with zero attached hydrogens (tertiary/aromatic N) is 2. The minimum Gasteiger partial charge on any atom is -0.462 e. The van der Waals surface area contributed by atoms with Crippen LogP contribution in [0.15, 0.2) is 54.6 Å². The van der Waals surface area contributed by atoms with Gasteiger partial charge in [-0.2, -0.15) is 0 Å². The molecule has 7 heteroatoms. The van der Waals surface area contributed by atoms with Crippen molar-refractivity contribution in [2.45, 2.75) is 6.54 Å². The van der Waals surface area contributed by atoms with Crippen molar-refractivity contribution in [1.29, 1.82) is 0 Å². The van der Waals surface area contributed by atoms with Crippen LogP contribution in [-0.4, -0.2) is 62.3 Å². The number of fused-ring (bicyclic) bond motifs is 1. The fourth-order valence-electron chi connectivity index (χ4n) is 2.92. The SMILES string of the molecule is COCCOCCOCC(=O)OCCn1c(-c2ccccc2)nc2ccccc21. The topological polar surface area (TPSA) is 71.8 Å². The van der Waals surface area contributed by atoms with E-state index in [1.165, 1.54) is 0 Å². The highest BCUT2D eigenvalue weighted by atomic mass is 16.6. The van der Waals surface area contributed by atoms with E-state index in [0.717, 1.165) is 22.4 Å². The number of para-hydroxylation sites is 2. The van der Waals surface area contributed by atoms with Gasteiger partial charge in [0.15, 0.2) is 0 Å². The van der Waals surface area contributed by atoms with Crippen LogP contribution in [0.4, 0.5) is 0 Å². The Labute approximate surface area is 170 Å². The third kappa shape index (κ3) is 6.12. The standard InChI is InChI=1S/C22H26N2O5/c1-26-13-14-27-15-16-28-17-21(25)29-12-11-24-20-10-6-5-9-19(20)23-22(24)18-7-3-2-4-8-18/h2-10H,11-17H2,1H3. The highest BCUT2D eigenvalue weighted by Gasteiger charge is 2.12. The molecule has 0 amide bonds. The number of hydrogen-bond donors (Lipinski definition) is 0. The molecule has 1 aromatic heterocycles. The van der Waals surface area contributed by atoms with Crippen LogP contribution in [0.2, 0.25) is 0 Å². The van der Waals surface area contributed by atoms with Crippen LogP contribution in [0.3, 0.4) is 0 Å². The van der Waals surface area contributed by atoms with E-state index in [2.05, 4.69) is 4.57 Å². The van der Waals surface area contributed by atoms with Crippen molar-refractivity contribution in [3.8, 4) is 11.4 Å². The number of esters is 1. The summed E-state index contributed by atoms with van der Waals surface area (Å²) in [6, 6.07) is 17.9. The summed E-state index contributed by atoms with van der Waals surface area (Å²) in [5.74, 6) is 0.458. The molecule has 154 valence electrons. The lowest BCUT2D eigenvalue weighted by molar-refractivity contribution is -0.149. The molecule has 2 aromatic carbocycles. The second-order valence-electron chi connectivity index (χ2n) is 6.32. The molecule has 29 heavy (non-hydrogen) atoms. The van der Waals surface area contributed by atoms with E-state index < -0.39 is 5.97 Å². The third-order valence-corrected chi connectivity index (χ3v) is 4.29. The summed E-state index contributed by atoms with van der Waals surface area (Å²) in [4.78, 5) is 16.6. The Bertz CT molecular complexity index is 895. The average molecular weight is 398 g/mol. The van der Waals surface area contributed by atoms with Crippen LogP contribution in [0.25, 0.3) is 22.4 Å². The Kier molecular flexibility index (Phi) is 8.18. The molecule has 0 spiro atoms. The summed E-state index contributed by atoms with van der Waals surface area (Å²) >= 11 is 0. The lowest BCUT2D eigenvalue weighted by Gasteiger charge is -2.10. The highest BCUT2D eigenvalue weighted by Crippen LogP contribution is 2.24. The van der Waals surface area contributed by atoms with E-state index in [1.807, 2.05) is 54.6 Å². The minimum absolute atomic E-state index is 0.0934. The first kappa shape index (κ1) is 21.0. The molecule has 0 fully saturated rings. The minimum atomic E-state index is -0.396. The molecule has 7 nitrogen and oxygen atoms in total. The number of imidazole rings is 1. The molecule has 3 rings (SSSR count). The number of aromatic nitrogens is 2. The monoisotopic (exact) mass is 398 g/mol. The Morgan fingerprint density at radius 3 is 2.45 bits per heavy atom. The van der Waals surface area contributed by atoms with Gasteiger partial charge >= 0.3 is 5.97 Å². The zero-order valence-electron chi connectivity index (χ0n) is 16.6. The van der Waals surface area contributed by atoms with Crippen molar-refractivity contribution in [2.75, 3.05) is 46.8 Å². The smallest absolute Gasteiger partial charge is 0.332 e. The Morgan fingerprint density at radius 1 is 0.897 bits per heavy atom. The van der Waals surface area contributed by atoms with Crippen molar-refractivity contribution >= 4 is 17.0 Å². The van der Waals surface area contributed by atoms with Gasteiger partial charge < -0.3 is 23.5 Å². The quantitative estimate of drug-likeness (QED) is 0.345. The molecular formula is C22H26N2O5. The highest BCUT2D eigenvalue weighted by molar-refractivity contribution is 5.80. The van der Waals surface area contributed by atoms with E-state index in [9.17, 15) is 4.79 Å². The van der Waals surface area contributed by atoms with Gasteiger partial charge in [-0.1, -0.05) is 42.5 Å². The lowest BCUT2D eigenvalue weighted by atomic mass is 10.2. The van der Waals surface area contributed by atoms with E-state index in [1.54, 1.807) is 7.11 Å². The average Bonchev–Trinajstić information content (AvgIpc) is 3.12. The molecule has 0 bridgehead atoms. The van der Waals surface area contributed by atoms with E-state index in [0.29, 0.717) is 33.0 Å². The van der Waals surface area contributed by atoms with Crippen molar-refractivity contribution in [3.63, 3.8) is 0 Å². The van der Waals surface area contributed by atoms with Gasteiger partial charge in [-0.3, -0.25) is 0 Å². The first-order chi connectivity index (χ1) is 14.3. The van der Waals surface area contributed by atoms with Gasteiger partial charge in [-0.15, -0.1) is 0 Å². The molecule has 3 aromatic rings. The number of hydrogen-bond acceptors (Lipinski definition) is 6. The van der Waals surface area contributed by atoms with Crippen LogP contribution < -0.4 is 0 Å². The van der Waals surface area contributed by atoms with Crippen LogP contribution in [-0.2, 0) is 30.3 Å². The molecule has 0 saturated carbocycles. The molecule has 0 saturated heterocycles. The molecule has 0 radical (unpaired) electrons. The normalized spacial score (nSPS) is 11.1. The summed E-state index contributed by atoms with van der Waals surface area (Å²) in [6.07, 6.45) is 0. The first-order valence-electron chi connectivity index (χ1n) is 9.60. The summed E-state index contributed by atoms with van der Waals surface area (Å²) in [6.45, 7) is 2.46. The van der Waals surface area contributed by atoms with E-state index >= 15 is 0 Å². The van der Waals surface area contributed by atoms with Gasteiger partial charge in [0.1, 0.15) is 19.0 Å². The van der Waals surface area contributed by atoms with E-state index in [4.69, 9.17) is 23.9 Å². The maximum absolute atomic E-state index is 11.9. The van der Waals surface area contributed by atoms with Gasteiger partial charge in [0.05, 0.1) is 44.0 Å².